The Kier molecular flexibility index (Phi) is 4.49. The van der Waals surface area contributed by atoms with Crippen LogP contribution in [0.5, 0.6) is 5.88 Å². The molecule has 1 saturated heterocycles. The van der Waals surface area contributed by atoms with Crippen LogP contribution >= 0.6 is 11.6 Å². The second kappa shape index (κ2) is 6.31. The van der Waals surface area contributed by atoms with E-state index in [-0.39, 0.29) is 16.9 Å². The smallest absolute Gasteiger partial charge is 0.326 e. The van der Waals surface area contributed by atoms with Crippen molar-refractivity contribution >= 4 is 29.6 Å². The molecule has 106 valence electrons. The zero-order valence-corrected chi connectivity index (χ0v) is 11.2. The lowest BCUT2D eigenvalue weighted by atomic mass is 10.3. The molecule has 2 N–H and O–H groups in total. The number of aromatic nitrogens is 2. The second-order valence-electron chi connectivity index (χ2n) is 3.71. The Bertz CT molecular complexity index is 576. The molecule has 0 saturated carbocycles. The summed E-state index contributed by atoms with van der Waals surface area (Å²) >= 11 is 5.76. The summed E-state index contributed by atoms with van der Waals surface area (Å²) < 4.78 is 10.1. The Morgan fingerprint density at radius 3 is 2.75 bits per heavy atom. The number of hydrogen-bond donors (Lipinski definition) is 2. The molecule has 0 aliphatic carbocycles. The van der Waals surface area contributed by atoms with Crippen molar-refractivity contribution in [2.45, 2.75) is 0 Å². The van der Waals surface area contributed by atoms with Crippen LogP contribution in [-0.2, 0) is 9.53 Å². The minimum atomic E-state index is -0.585. The number of hydrogen-bond acceptors (Lipinski definition) is 6. The number of methoxy groups -OCH3 is 1. The Labute approximate surface area is 119 Å². The first-order valence-electron chi connectivity index (χ1n) is 5.59. The molecule has 0 aromatic carbocycles. The lowest BCUT2D eigenvalue weighted by Gasteiger charge is -2.05. The zero-order valence-electron chi connectivity index (χ0n) is 10.5. The topological polar surface area (TPSA) is 102 Å². The molecular weight excluding hydrogens is 288 g/mol. The molecule has 1 aliphatic rings. The van der Waals surface area contributed by atoms with E-state index in [2.05, 4.69) is 20.6 Å². The van der Waals surface area contributed by atoms with Gasteiger partial charge in [-0.05, 0) is 17.7 Å². The van der Waals surface area contributed by atoms with E-state index in [0.717, 1.165) is 0 Å². The van der Waals surface area contributed by atoms with E-state index in [1.54, 1.807) is 7.11 Å². The Morgan fingerprint density at radius 2 is 2.10 bits per heavy atom. The van der Waals surface area contributed by atoms with Crippen LogP contribution in [0, 0.1) is 0 Å². The molecule has 1 fully saturated rings. The van der Waals surface area contributed by atoms with E-state index in [1.807, 2.05) is 0 Å². The van der Waals surface area contributed by atoms with Gasteiger partial charge in [0.25, 0.3) is 5.91 Å². The van der Waals surface area contributed by atoms with Crippen LogP contribution in [0.2, 0.25) is 5.28 Å². The normalized spacial score (nSPS) is 16.2. The molecule has 8 nitrogen and oxygen atoms in total. The van der Waals surface area contributed by atoms with Gasteiger partial charge in [-0.25, -0.2) is 9.78 Å². The largest absolute Gasteiger partial charge is 0.475 e. The SMILES string of the molecule is COCCOc1cc(/C=C2\NC(=O)NC2=O)nc(Cl)n1. The highest BCUT2D eigenvalue weighted by Gasteiger charge is 2.23. The first-order chi connectivity index (χ1) is 9.58. The number of ether oxygens (including phenoxy) is 2. The third-order valence-electron chi connectivity index (χ3n) is 2.24. The molecule has 1 aromatic rings. The summed E-state index contributed by atoms with van der Waals surface area (Å²) in [7, 11) is 1.55. The quantitative estimate of drug-likeness (QED) is 0.352. The Hall–Kier alpha value is -2.19. The van der Waals surface area contributed by atoms with Gasteiger partial charge in [0.05, 0.1) is 12.3 Å². The van der Waals surface area contributed by atoms with Crippen molar-refractivity contribution in [1.29, 1.82) is 0 Å². The molecule has 0 atom stereocenters. The molecule has 0 unspecified atom stereocenters. The molecule has 2 heterocycles. The minimum absolute atomic E-state index is 0.0310. The predicted molar refractivity (Wildman–Crippen MR) is 69.1 cm³/mol. The van der Waals surface area contributed by atoms with E-state index in [9.17, 15) is 9.59 Å². The molecule has 1 aliphatic heterocycles. The first kappa shape index (κ1) is 14.2. The van der Waals surface area contributed by atoms with Gasteiger partial charge in [-0.3, -0.25) is 10.1 Å². The number of nitrogens with zero attached hydrogens (tertiary/aromatic N) is 2. The average Bonchev–Trinajstić information content (AvgIpc) is 2.67. The number of halogens is 1. The molecule has 1 aromatic heterocycles. The van der Waals surface area contributed by atoms with Crippen molar-refractivity contribution in [1.82, 2.24) is 20.6 Å². The fraction of sp³-hybridized carbons (Fsp3) is 0.273. The standard InChI is InChI=1S/C11H11ClN4O4/c1-19-2-3-20-8-5-6(13-10(12)15-8)4-7-9(17)16-11(18)14-7/h4-5H,2-3H2,1H3,(H2,14,16,17,18)/b7-4-. The Balaban J connectivity index is 2.17. The summed E-state index contributed by atoms with van der Waals surface area (Å²) in [5, 5.41) is 4.39. The number of carbonyl (C=O) groups is 2. The van der Waals surface area contributed by atoms with Gasteiger partial charge in [0.15, 0.2) is 0 Å². The van der Waals surface area contributed by atoms with Crippen LogP contribution in [0.25, 0.3) is 6.08 Å². The van der Waals surface area contributed by atoms with E-state index in [1.165, 1.54) is 12.1 Å². The predicted octanol–water partition coefficient (Wildman–Crippen LogP) is 0.335. The fourth-order valence-electron chi connectivity index (χ4n) is 1.42. The molecule has 9 heteroatoms. The van der Waals surface area contributed by atoms with Gasteiger partial charge >= 0.3 is 6.03 Å². The average molecular weight is 299 g/mol. The maximum atomic E-state index is 11.4. The number of rotatable bonds is 5. The van der Waals surface area contributed by atoms with E-state index in [0.29, 0.717) is 18.9 Å². The van der Waals surface area contributed by atoms with Crippen molar-refractivity contribution in [2.75, 3.05) is 20.3 Å². The first-order valence-corrected chi connectivity index (χ1v) is 5.96. The van der Waals surface area contributed by atoms with Gasteiger partial charge < -0.3 is 14.8 Å². The lowest BCUT2D eigenvalue weighted by Crippen LogP contribution is -2.22. The van der Waals surface area contributed by atoms with Crippen molar-refractivity contribution in [3.05, 3.63) is 22.7 Å². The number of carbonyl (C=O) groups excluding carboxylic acids is 2. The number of amides is 3. The third kappa shape index (κ3) is 3.65. The maximum absolute atomic E-state index is 11.4. The van der Waals surface area contributed by atoms with Gasteiger partial charge in [-0.15, -0.1) is 0 Å². The molecule has 3 amide bonds. The summed E-state index contributed by atoms with van der Waals surface area (Å²) in [5.41, 5.74) is 0.414. The summed E-state index contributed by atoms with van der Waals surface area (Å²) in [6, 6.07) is 0.907. The molecule has 0 bridgehead atoms. The van der Waals surface area contributed by atoms with E-state index in [4.69, 9.17) is 21.1 Å². The molecule has 0 radical (unpaired) electrons. The maximum Gasteiger partial charge on any atom is 0.326 e. The van der Waals surface area contributed by atoms with Gasteiger partial charge in [0.1, 0.15) is 12.3 Å². The molecule has 20 heavy (non-hydrogen) atoms. The van der Waals surface area contributed by atoms with Crippen molar-refractivity contribution < 1.29 is 19.1 Å². The van der Waals surface area contributed by atoms with Crippen molar-refractivity contribution in [2.24, 2.45) is 0 Å². The highest BCUT2D eigenvalue weighted by Crippen LogP contribution is 2.15. The Morgan fingerprint density at radius 1 is 1.30 bits per heavy atom. The fourth-order valence-corrected chi connectivity index (χ4v) is 1.60. The summed E-state index contributed by atoms with van der Waals surface area (Å²) in [5.74, 6) is -0.287. The molecular formula is C11H11ClN4O4. The van der Waals surface area contributed by atoms with Crippen molar-refractivity contribution in [3.8, 4) is 5.88 Å². The van der Waals surface area contributed by atoms with Crippen LogP contribution in [0.4, 0.5) is 4.79 Å². The third-order valence-corrected chi connectivity index (χ3v) is 2.41. The van der Waals surface area contributed by atoms with Gasteiger partial charge in [-0.1, -0.05) is 0 Å². The van der Waals surface area contributed by atoms with Crippen LogP contribution in [0.3, 0.4) is 0 Å². The second-order valence-corrected chi connectivity index (χ2v) is 4.05. The molecule has 0 spiro atoms. The van der Waals surface area contributed by atoms with Crippen LogP contribution in [-0.4, -0.2) is 42.2 Å². The zero-order chi connectivity index (χ0) is 14.5. The van der Waals surface area contributed by atoms with E-state index >= 15 is 0 Å². The summed E-state index contributed by atoms with van der Waals surface area (Å²) in [6.45, 7) is 0.702. The lowest BCUT2D eigenvalue weighted by molar-refractivity contribution is -0.115. The summed E-state index contributed by atoms with van der Waals surface area (Å²) in [6.07, 6.45) is 1.37. The monoisotopic (exact) mass is 298 g/mol. The number of urea groups is 1. The van der Waals surface area contributed by atoms with Gasteiger partial charge in [0, 0.05) is 13.2 Å². The highest BCUT2D eigenvalue weighted by atomic mass is 35.5. The number of nitrogens with one attached hydrogen (secondary N) is 2. The minimum Gasteiger partial charge on any atom is -0.475 e. The molecule has 2 rings (SSSR count). The van der Waals surface area contributed by atoms with Gasteiger partial charge in [0.2, 0.25) is 11.2 Å². The van der Waals surface area contributed by atoms with Gasteiger partial charge in [-0.2, -0.15) is 4.98 Å². The van der Waals surface area contributed by atoms with Crippen LogP contribution in [0.15, 0.2) is 11.8 Å². The highest BCUT2D eigenvalue weighted by molar-refractivity contribution is 6.28. The van der Waals surface area contributed by atoms with Crippen LogP contribution in [0.1, 0.15) is 5.69 Å². The summed E-state index contributed by atoms with van der Waals surface area (Å²) in [4.78, 5) is 30.2. The van der Waals surface area contributed by atoms with Crippen molar-refractivity contribution in [3.63, 3.8) is 0 Å². The van der Waals surface area contributed by atoms with E-state index < -0.39 is 11.9 Å². The number of imide groups is 1. The van der Waals surface area contributed by atoms with Crippen LogP contribution < -0.4 is 15.4 Å².